The van der Waals surface area contributed by atoms with Gasteiger partial charge < -0.3 is 25.3 Å². The number of halogens is 2. The van der Waals surface area contributed by atoms with Crippen LogP contribution in [0.1, 0.15) is 42.2 Å². The van der Waals surface area contributed by atoms with Gasteiger partial charge in [-0.3, -0.25) is 9.69 Å². The summed E-state index contributed by atoms with van der Waals surface area (Å²) in [7, 11) is 0. The molecule has 3 N–H and O–H groups in total. The molecule has 44 heavy (non-hydrogen) atoms. The molecular formula is C31H35Cl2N5O5S. The quantitative estimate of drug-likeness (QED) is 0.365. The summed E-state index contributed by atoms with van der Waals surface area (Å²) in [6.45, 7) is 6.12. The van der Waals surface area contributed by atoms with E-state index in [0.29, 0.717) is 37.2 Å². The zero-order valence-electron chi connectivity index (χ0n) is 24.2. The molecular weight excluding hydrogens is 625 g/mol. The molecule has 1 unspecified atom stereocenters. The largest absolute Gasteiger partial charge is 0.478 e. The molecule has 5 aliphatic heterocycles. The van der Waals surface area contributed by atoms with Gasteiger partial charge in [-0.1, -0.05) is 29.3 Å². The fraction of sp³-hybridized carbons (Fsp3) is 0.484. The molecule has 5 aliphatic rings. The van der Waals surface area contributed by atoms with Gasteiger partial charge in [0.1, 0.15) is 0 Å². The molecule has 1 aromatic carbocycles. The second-order valence-corrected chi connectivity index (χ2v) is 13.6. The van der Waals surface area contributed by atoms with E-state index in [1.807, 2.05) is 5.38 Å². The molecule has 7 rings (SSSR count). The number of aryl methyl sites for hydroxylation is 1. The minimum absolute atomic E-state index is 0.149. The molecule has 0 saturated carbocycles. The molecule has 4 fully saturated rings. The van der Waals surface area contributed by atoms with Crippen LogP contribution in [0.2, 0.25) is 10.0 Å². The van der Waals surface area contributed by atoms with Crippen molar-refractivity contribution >= 4 is 52.4 Å². The van der Waals surface area contributed by atoms with Gasteiger partial charge in [-0.05, 0) is 50.4 Å². The van der Waals surface area contributed by atoms with Gasteiger partial charge in [0.25, 0.3) is 0 Å². The number of thiazole rings is 1. The number of nitrogens with zero attached hydrogens (tertiary/aromatic N) is 4. The van der Waals surface area contributed by atoms with Crippen LogP contribution >= 0.6 is 34.5 Å². The standard InChI is InChI=1S/C31H35Cl2N5O5S/c32-19-2-1-3-20(33)26(19)29-27(30(40)41)21(4-5-24-34-8-15-44-24)35-22(28(29)31(42)43)16-25(39)38-13-11-37(12-14-38)23-17-36-9-6-18(23)7-10-36/h1-3,8,15,18,23,29,35H,4-7,9-14,16-17H2,(H,40,41)(H,42,43)/t23-,29?/m0/s1. The summed E-state index contributed by atoms with van der Waals surface area (Å²) in [4.78, 5) is 50.5. The lowest BCUT2D eigenvalue weighted by molar-refractivity contribution is -0.133. The number of dihydropyridines is 1. The summed E-state index contributed by atoms with van der Waals surface area (Å²) in [5, 5.41) is 27.0. The first-order valence-corrected chi connectivity index (χ1v) is 16.6. The topological polar surface area (TPSA) is 126 Å². The number of carbonyl (C=O) groups is 3. The number of carboxylic acid groups (broad SMARTS) is 2. The average Bonchev–Trinajstić information content (AvgIpc) is 3.54. The number of carbonyl (C=O) groups excluding carboxylic acids is 1. The van der Waals surface area contributed by atoms with Gasteiger partial charge in [-0.15, -0.1) is 11.3 Å². The van der Waals surface area contributed by atoms with Crippen LogP contribution in [-0.2, 0) is 20.8 Å². The molecule has 10 nitrogen and oxygen atoms in total. The molecule has 6 heterocycles. The van der Waals surface area contributed by atoms with E-state index in [1.54, 1.807) is 29.3 Å². The van der Waals surface area contributed by atoms with Crippen LogP contribution in [-0.4, -0.2) is 99.6 Å². The highest BCUT2D eigenvalue weighted by Gasteiger charge is 2.42. The van der Waals surface area contributed by atoms with Gasteiger partial charge in [0.2, 0.25) is 5.91 Å². The predicted octanol–water partition coefficient (Wildman–Crippen LogP) is 4.08. The fourth-order valence-corrected chi connectivity index (χ4v) is 8.48. The molecule has 4 saturated heterocycles. The van der Waals surface area contributed by atoms with Crippen molar-refractivity contribution < 1.29 is 24.6 Å². The van der Waals surface area contributed by atoms with Crippen molar-refractivity contribution in [3.8, 4) is 0 Å². The third kappa shape index (κ3) is 6.25. The Balaban J connectivity index is 1.28. The maximum absolute atomic E-state index is 13.7. The lowest BCUT2D eigenvalue weighted by Gasteiger charge is -2.51. The Hall–Kier alpha value is -2.96. The average molecular weight is 661 g/mol. The van der Waals surface area contributed by atoms with Gasteiger partial charge in [0.15, 0.2) is 0 Å². The first-order chi connectivity index (χ1) is 21.2. The highest BCUT2D eigenvalue weighted by atomic mass is 35.5. The maximum atomic E-state index is 13.7. The van der Waals surface area contributed by atoms with Gasteiger partial charge >= 0.3 is 11.9 Å². The number of carboxylic acids is 2. The molecule has 2 bridgehead atoms. The lowest BCUT2D eigenvalue weighted by Crippen LogP contribution is -2.61. The predicted molar refractivity (Wildman–Crippen MR) is 168 cm³/mol. The highest BCUT2D eigenvalue weighted by Crippen LogP contribution is 2.45. The summed E-state index contributed by atoms with van der Waals surface area (Å²) < 4.78 is 0. The highest BCUT2D eigenvalue weighted by molar-refractivity contribution is 7.09. The SMILES string of the molecule is O=C(O)C1=C(CCc2nccs2)NC(CC(=O)N2CCN([C@H]3CN4CCC3CC4)CC2)=C(C(=O)O)C1c1c(Cl)cccc1Cl. The third-order valence-electron chi connectivity index (χ3n) is 9.44. The van der Waals surface area contributed by atoms with Crippen LogP contribution in [0, 0.1) is 5.92 Å². The van der Waals surface area contributed by atoms with Crippen LogP contribution in [0.15, 0.2) is 52.3 Å². The molecule has 0 spiro atoms. The summed E-state index contributed by atoms with van der Waals surface area (Å²) >= 11 is 14.6. The number of aromatic nitrogens is 1. The number of aliphatic carboxylic acids is 2. The summed E-state index contributed by atoms with van der Waals surface area (Å²) in [6, 6.07) is 5.25. The van der Waals surface area contributed by atoms with Crippen molar-refractivity contribution in [2.45, 2.75) is 44.1 Å². The van der Waals surface area contributed by atoms with E-state index in [-0.39, 0.29) is 51.2 Å². The number of rotatable bonds is 9. The van der Waals surface area contributed by atoms with E-state index in [0.717, 1.165) is 24.6 Å². The van der Waals surface area contributed by atoms with Crippen molar-refractivity contribution in [2.24, 2.45) is 5.92 Å². The van der Waals surface area contributed by atoms with E-state index in [4.69, 9.17) is 23.2 Å². The van der Waals surface area contributed by atoms with Gasteiger partial charge in [-0.2, -0.15) is 0 Å². The fourth-order valence-electron chi connectivity index (χ4n) is 7.25. The van der Waals surface area contributed by atoms with E-state index < -0.39 is 17.9 Å². The van der Waals surface area contributed by atoms with Crippen LogP contribution in [0.25, 0.3) is 0 Å². The van der Waals surface area contributed by atoms with Crippen molar-refractivity contribution in [1.29, 1.82) is 0 Å². The number of piperidine rings is 3. The molecule has 1 amide bonds. The number of allylic oxidation sites excluding steroid dienone is 1. The van der Waals surface area contributed by atoms with E-state index >= 15 is 0 Å². The van der Waals surface area contributed by atoms with Gasteiger partial charge in [0.05, 0.1) is 28.5 Å². The molecule has 234 valence electrons. The zero-order chi connectivity index (χ0) is 31.0. The van der Waals surface area contributed by atoms with Crippen LogP contribution in [0.4, 0.5) is 0 Å². The second kappa shape index (κ2) is 13.2. The van der Waals surface area contributed by atoms with Gasteiger partial charge in [0, 0.05) is 83.8 Å². The van der Waals surface area contributed by atoms with Crippen molar-refractivity contribution in [3.63, 3.8) is 0 Å². The van der Waals surface area contributed by atoms with E-state index in [9.17, 15) is 24.6 Å². The Morgan fingerprint density at radius 3 is 2.16 bits per heavy atom. The summed E-state index contributed by atoms with van der Waals surface area (Å²) in [5.41, 5.74) is 0.261. The summed E-state index contributed by atoms with van der Waals surface area (Å²) in [5.74, 6) is -3.41. The normalized spacial score (nSPS) is 25.7. The monoisotopic (exact) mass is 659 g/mol. The number of hydrogen-bond donors (Lipinski definition) is 3. The second-order valence-electron chi connectivity index (χ2n) is 11.8. The molecule has 13 heteroatoms. The van der Waals surface area contributed by atoms with Crippen LogP contribution < -0.4 is 5.32 Å². The maximum Gasteiger partial charge on any atom is 0.334 e. The molecule has 2 aromatic rings. The molecule has 0 aliphatic carbocycles. The molecule has 0 radical (unpaired) electrons. The molecule has 1 aromatic heterocycles. The number of fused-ring (bicyclic) bond motifs is 3. The zero-order valence-corrected chi connectivity index (χ0v) is 26.5. The Morgan fingerprint density at radius 2 is 1.59 bits per heavy atom. The Labute approximate surface area is 269 Å². The lowest BCUT2D eigenvalue weighted by atomic mass is 9.79. The Bertz CT molecular complexity index is 1480. The first kappa shape index (κ1) is 31.0. The number of hydrogen-bond acceptors (Lipinski definition) is 8. The van der Waals surface area contributed by atoms with Crippen molar-refractivity contribution in [1.82, 2.24) is 25.0 Å². The smallest absolute Gasteiger partial charge is 0.334 e. The number of amides is 1. The minimum atomic E-state index is -1.34. The number of nitrogens with one attached hydrogen (secondary N) is 1. The number of piperazine rings is 1. The van der Waals surface area contributed by atoms with Crippen molar-refractivity contribution in [2.75, 3.05) is 45.8 Å². The van der Waals surface area contributed by atoms with E-state index in [1.165, 1.54) is 37.3 Å². The van der Waals surface area contributed by atoms with Crippen LogP contribution in [0.5, 0.6) is 0 Å². The minimum Gasteiger partial charge on any atom is -0.478 e. The van der Waals surface area contributed by atoms with Crippen LogP contribution in [0.3, 0.4) is 0 Å². The van der Waals surface area contributed by atoms with E-state index in [2.05, 4.69) is 20.1 Å². The third-order valence-corrected chi connectivity index (χ3v) is 10.9. The Kier molecular flexibility index (Phi) is 9.30. The number of benzene rings is 1. The Morgan fingerprint density at radius 1 is 0.932 bits per heavy atom. The summed E-state index contributed by atoms with van der Waals surface area (Å²) in [6.07, 6.45) is 4.61. The van der Waals surface area contributed by atoms with Gasteiger partial charge in [-0.25, -0.2) is 14.6 Å². The first-order valence-electron chi connectivity index (χ1n) is 15.0. The van der Waals surface area contributed by atoms with Crippen molar-refractivity contribution in [3.05, 3.63) is 72.9 Å². The molecule has 2 atom stereocenters.